The topological polar surface area (TPSA) is 41.1 Å². The van der Waals surface area contributed by atoms with Gasteiger partial charge in [-0.2, -0.15) is 0 Å². The SMILES string of the molecule is O=Cc1cccc2c1C1CCNC=C1N2. The Morgan fingerprint density at radius 2 is 2.33 bits per heavy atom. The minimum Gasteiger partial charge on any atom is -0.389 e. The van der Waals surface area contributed by atoms with Crippen molar-refractivity contribution in [3.8, 4) is 0 Å². The molecule has 0 bridgehead atoms. The van der Waals surface area contributed by atoms with Crippen LogP contribution in [0.3, 0.4) is 0 Å². The van der Waals surface area contributed by atoms with E-state index < -0.39 is 0 Å². The van der Waals surface area contributed by atoms with Crippen molar-refractivity contribution in [1.29, 1.82) is 0 Å². The average Bonchev–Trinajstić information content (AvgIpc) is 2.67. The van der Waals surface area contributed by atoms with Gasteiger partial charge in [-0.05, 0) is 18.1 Å². The van der Waals surface area contributed by atoms with E-state index in [4.69, 9.17) is 0 Å². The van der Waals surface area contributed by atoms with E-state index in [0.29, 0.717) is 5.92 Å². The molecule has 0 fully saturated rings. The Morgan fingerprint density at radius 1 is 1.40 bits per heavy atom. The minimum absolute atomic E-state index is 0.377. The highest BCUT2D eigenvalue weighted by atomic mass is 16.1. The average molecular weight is 200 g/mol. The molecule has 3 rings (SSSR count). The number of hydrogen-bond acceptors (Lipinski definition) is 3. The Balaban J connectivity index is 2.17. The summed E-state index contributed by atoms with van der Waals surface area (Å²) in [5.74, 6) is 0.377. The van der Waals surface area contributed by atoms with E-state index in [1.165, 1.54) is 11.3 Å². The predicted molar refractivity (Wildman–Crippen MR) is 58.9 cm³/mol. The van der Waals surface area contributed by atoms with E-state index in [2.05, 4.69) is 10.6 Å². The first-order valence-electron chi connectivity index (χ1n) is 5.18. The quantitative estimate of drug-likeness (QED) is 0.680. The summed E-state index contributed by atoms with van der Waals surface area (Å²) in [5.41, 5.74) is 4.25. The molecule has 0 aliphatic carbocycles. The summed E-state index contributed by atoms with van der Waals surface area (Å²) in [6.07, 6.45) is 4.02. The molecule has 1 unspecified atom stereocenters. The van der Waals surface area contributed by atoms with Crippen LogP contribution in [-0.2, 0) is 0 Å². The lowest BCUT2D eigenvalue weighted by atomic mass is 9.90. The van der Waals surface area contributed by atoms with Gasteiger partial charge >= 0.3 is 0 Å². The summed E-state index contributed by atoms with van der Waals surface area (Å²) < 4.78 is 0. The molecule has 0 radical (unpaired) electrons. The summed E-state index contributed by atoms with van der Waals surface area (Å²) in [6.45, 7) is 0.975. The molecular formula is C12H12N2O. The van der Waals surface area contributed by atoms with Crippen LogP contribution in [0, 0.1) is 0 Å². The zero-order valence-corrected chi connectivity index (χ0v) is 8.29. The number of allylic oxidation sites excluding steroid dienone is 1. The molecule has 3 nitrogen and oxygen atoms in total. The Hall–Kier alpha value is -1.77. The van der Waals surface area contributed by atoms with Gasteiger partial charge in [-0.1, -0.05) is 12.1 Å². The van der Waals surface area contributed by atoms with Crippen LogP contribution >= 0.6 is 0 Å². The van der Waals surface area contributed by atoms with Gasteiger partial charge in [-0.3, -0.25) is 4.79 Å². The molecule has 76 valence electrons. The van der Waals surface area contributed by atoms with Gasteiger partial charge in [0.1, 0.15) is 6.29 Å². The lowest BCUT2D eigenvalue weighted by Gasteiger charge is -2.18. The zero-order chi connectivity index (χ0) is 10.3. The van der Waals surface area contributed by atoms with Gasteiger partial charge in [0, 0.05) is 35.6 Å². The number of rotatable bonds is 1. The van der Waals surface area contributed by atoms with Crippen LogP contribution in [0.2, 0.25) is 0 Å². The maximum atomic E-state index is 11.0. The van der Waals surface area contributed by atoms with Crippen molar-refractivity contribution in [1.82, 2.24) is 5.32 Å². The van der Waals surface area contributed by atoms with Crippen LogP contribution in [-0.4, -0.2) is 12.8 Å². The van der Waals surface area contributed by atoms with Crippen molar-refractivity contribution < 1.29 is 4.79 Å². The summed E-state index contributed by atoms with van der Waals surface area (Å²) in [4.78, 5) is 11.0. The van der Waals surface area contributed by atoms with Crippen LogP contribution in [0.5, 0.6) is 0 Å². The number of aldehydes is 1. The number of anilines is 1. The fourth-order valence-electron chi connectivity index (χ4n) is 2.43. The van der Waals surface area contributed by atoms with Gasteiger partial charge in [0.2, 0.25) is 0 Å². The van der Waals surface area contributed by atoms with Crippen molar-refractivity contribution in [3.63, 3.8) is 0 Å². The third kappa shape index (κ3) is 1.16. The molecule has 1 aromatic rings. The van der Waals surface area contributed by atoms with E-state index in [9.17, 15) is 4.79 Å². The first-order chi connectivity index (χ1) is 7.40. The first-order valence-corrected chi connectivity index (χ1v) is 5.18. The van der Waals surface area contributed by atoms with Gasteiger partial charge in [0.25, 0.3) is 0 Å². The molecule has 2 heterocycles. The number of carbonyl (C=O) groups excluding carboxylic acids is 1. The number of carbonyl (C=O) groups is 1. The summed E-state index contributed by atoms with van der Waals surface area (Å²) in [7, 11) is 0. The van der Waals surface area contributed by atoms with Gasteiger partial charge in [0.15, 0.2) is 0 Å². The van der Waals surface area contributed by atoms with Crippen LogP contribution in [0.4, 0.5) is 5.69 Å². The number of nitrogens with one attached hydrogen (secondary N) is 2. The highest BCUT2D eigenvalue weighted by Crippen LogP contribution is 2.42. The second kappa shape index (κ2) is 3.12. The lowest BCUT2D eigenvalue weighted by molar-refractivity contribution is 0.112. The molecule has 2 N–H and O–H groups in total. The van der Waals surface area contributed by atoms with Crippen molar-refractivity contribution in [2.24, 2.45) is 0 Å². The molecular weight excluding hydrogens is 188 g/mol. The molecule has 0 amide bonds. The number of benzene rings is 1. The Bertz CT molecular complexity index is 451. The third-order valence-electron chi connectivity index (χ3n) is 3.10. The molecule has 1 atom stereocenters. The standard InChI is InChI=1S/C12H12N2O/c15-7-8-2-1-3-10-12(8)9-4-5-13-6-11(9)14-10/h1-3,6-7,9,13-14H,4-5H2. The fourth-order valence-corrected chi connectivity index (χ4v) is 2.43. The molecule has 1 aromatic carbocycles. The first kappa shape index (κ1) is 8.53. The number of fused-ring (bicyclic) bond motifs is 3. The lowest BCUT2D eigenvalue weighted by Crippen LogP contribution is -2.20. The summed E-state index contributed by atoms with van der Waals surface area (Å²) in [5, 5.41) is 6.57. The zero-order valence-electron chi connectivity index (χ0n) is 8.29. The third-order valence-corrected chi connectivity index (χ3v) is 3.10. The van der Waals surface area contributed by atoms with E-state index in [1.54, 1.807) is 0 Å². The molecule has 0 saturated heterocycles. The van der Waals surface area contributed by atoms with Gasteiger partial charge in [-0.25, -0.2) is 0 Å². The van der Waals surface area contributed by atoms with E-state index in [-0.39, 0.29) is 0 Å². The Labute approximate surface area is 88.2 Å². The van der Waals surface area contributed by atoms with Crippen molar-refractivity contribution in [3.05, 3.63) is 41.2 Å². The van der Waals surface area contributed by atoms with Crippen molar-refractivity contribution >= 4 is 12.0 Å². The van der Waals surface area contributed by atoms with E-state index in [1.807, 2.05) is 24.4 Å². The maximum absolute atomic E-state index is 11.0. The van der Waals surface area contributed by atoms with Crippen molar-refractivity contribution in [2.75, 3.05) is 11.9 Å². The molecule has 0 spiro atoms. The monoisotopic (exact) mass is 200 g/mol. The minimum atomic E-state index is 0.377. The summed E-state index contributed by atoms with van der Waals surface area (Å²) in [6, 6.07) is 5.83. The largest absolute Gasteiger partial charge is 0.389 e. The second-order valence-corrected chi connectivity index (χ2v) is 3.95. The molecule has 2 aliphatic rings. The Kier molecular flexibility index (Phi) is 1.78. The molecule has 0 saturated carbocycles. The second-order valence-electron chi connectivity index (χ2n) is 3.95. The predicted octanol–water partition coefficient (Wildman–Crippen LogP) is 1.84. The Morgan fingerprint density at radius 3 is 3.20 bits per heavy atom. The van der Waals surface area contributed by atoms with Crippen LogP contribution in [0.25, 0.3) is 0 Å². The fraction of sp³-hybridized carbons (Fsp3) is 0.250. The van der Waals surface area contributed by atoms with Crippen LogP contribution in [0.15, 0.2) is 30.1 Å². The molecule has 2 aliphatic heterocycles. The molecule has 15 heavy (non-hydrogen) atoms. The van der Waals surface area contributed by atoms with Gasteiger partial charge < -0.3 is 10.6 Å². The van der Waals surface area contributed by atoms with Gasteiger partial charge in [0.05, 0.1) is 0 Å². The normalized spacial score (nSPS) is 21.9. The van der Waals surface area contributed by atoms with E-state index >= 15 is 0 Å². The van der Waals surface area contributed by atoms with Crippen LogP contribution in [0.1, 0.15) is 28.3 Å². The highest BCUT2D eigenvalue weighted by Gasteiger charge is 2.30. The highest BCUT2D eigenvalue weighted by molar-refractivity contribution is 5.84. The summed E-state index contributed by atoms with van der Waals surface area (Å²) >= 11 is 0. The van der Waals surface area contributed by atoms with Crippen LogP contribution < -0.4 is 10.6 Å². The number of hydrogen-bond donors (Lipinski definition) is 2. The molecule has 3 heteroatoms. The van der Waals surface area contributed by atoms with Gasteiger partial charge in [-0.15, -0.1) is 0 Å². The van der Waals surface area contributed by atoms with Crippen molar-refractivity contribution in [2.45, 2.75) is 12.3 Å². The van der Waals surface area contributed by atoms with E-state index in [0.717, 1.165) is 30.5 Å². The molecule has 0 aromatic heterocycles. The maximum Gasteiger partial charge on any atom is 0.150 e. The smallest absolute Gasteiger partial charge is 0.150 e.